The van der Waals surface area contributed by atoms with Gasteiger partial charge in [-0.15, -0.1) is 0 Å². The first-order valence-electron chi connectivity index (χ1n) is 3.42. The quantitative estimate of drug-likeness (QED) is 0.609. The minimum atomic E-state index is -0.0988. The number of benzene rings is 1. The lowest BCUT2D eigenvalue weighted by Crippen LogP contribution is -1.62. The second-order valence-corrected chi connectivity index (χ2v) is 4.07. The fourth-order valence-corrected chi connectivity index (χ4v) is 0.534. The van der Waals surface area contributed by atoms with E-state index in [9.17, 15) is 0 Å². The van der Waals surface area contributed by atoms with E-state index in [0.29, 0.717) is 0 Å². The number of halogens is 4. The van der Waals surface area contributed by atoms with Crippen LogP contribution in [0, 0.1) is 6.92 Å². The zero-order chi connectivity index (χ0) is 10.3. The number of hydrogen-bond acceptors (Lipinski definition) is 0. The molecule has 0 aliphatic heterocycles. The molecule has 0 N–H and O–H groups in total. The molecular formula is C9H8Cl4. The fraction of sp³-hybridized carbons (Fsp3) is 0.111. The van der Waals surface area contributed by atoms with Gasteiger partial charge in [0.05, 0.1) is 0 Å². The van der Waals surface area contributed by atoms with E-state index in [1.54, 1.807) is 0 Å². The van der Waals surface area contributed by atoms with Crippen molar-refractivity contribution in [1.29, 1.82) is 0 Å². The predicted molar refractivity (Wildman–Crippen MR) is 61.6 cm³/mol. The van der Waals surface area contributed by atoms with Crippen molar-refractivity contribution in [3.63, 3.8) is 0 Å². The zero-order valence-electron chi connectivity index (χ0n) is 6.90. The summed E-state index contributed by atoms with van der Waals surface area (Å²) < 4.78 is -0.198. The summed E-state index contributed by atoms with van der Waals surface area (Å²) in [6, 6.07) is 10.3. The van der Waals surface area contributed by atoms with Crippen molar-refractivity contribution in [1.82, 2.24) is 0 Å². The topological polar surface area (TPSA) is 0 Å². The highest BCUT2D eigenvalue weighted by atomic mass is 35.5. The third-order valence-electron chi connectivity index (χ3n) is 1.08. The van der Waals surface area contributed by atoms with Crippen molar-refractivity contribution in [2.45, 2.75) is 6.92 Å². The molecule has 72 valence electrons. The summed E-state index contributed by atoms with van der Waals surface area (Å²) in [5, 5.41) is 0. The maximum absolute atomic E-state index is 4.99. The molecule has 13 heavy (non-hydrogen) atoms. The Labute approximate surface area is 98.1 Å². The predicted octanol–water partition coefficient (Wildman–Crippen LogP) is 5.06. The van der Waals surface area contributed by atoms with E-state index in [1.165, 1.54) is 5.56 Å². The molecule has 0 aliphatic carbocycles. The normalized spacial score (nSPS) is 8.38. The zero-order valence-corrected chi connectivity index (χ0v) is 9.92. The van der Waals surface area contributed by atoms with Crippen molar-refractivity contribution in [3.05, 3.63) is 44.9 Å². The Morgan fingerprint density at radius 3 is 1.38 bits per heavy atom. The SMILES string of the molecule is Cc1ccccc1.ClC(Cl)=C(Cl)Cl. The van der Waals surface area contributed by atoms with E-state index >= 15 is 0 Å². The molecule has 0 saturated heterocycles. The summed E-state index contributed by atoms with van der Waals surface area (Å²) in [6.45, 7) is 2.08. The Balaban J connectivity index is 0.000000226. The van der Waals surface area contributed by atoms with E-state index in [1.807, 2.05) is 18.2 Å². The Kier molecular flexibility index (Phi) is 7.59. The molecule has 0 bridgehead atoms. The van der Waals surface area contributed by atoms with Crippen LogP contribution in [0.5, 0.6) is 0 Å². The molecule has 0 heterocycles. The second kappa shape index (κ2) is 7.52. The van der Waals surface area contributed by atoms with Crippen LogP contribution in [0.25, 0.3) is 0 Å². The molecule has 0 saturated carbocycles. The van der Waals surface area contributed by atoms with Crippen LogP contribution < -0.4 is 0 Å². The van der Waals surface area contributed by atoms with Gasteiger partial charge in [0.25, 0.3) is 0 Å². The smallest absolute Gasteiger partial charge is 0.0682 e. The van der Waals surface area contributed by atoms with Crippen LogP contribution in [0.3, 0.4) is 0 Å². The van der Waals surface area contributed by atoms with E-state index in [2.05, 4.69) is 19.1 Å². The Bertz CT molecular complexity index is 248. The highest BCUT2D eigenvalue weighted by Gasteiger charge is 1.88. The molecule has 1 rings (SSSR count). The number of hydrogen-bond donors (Lipinski definition) is 0. The molecule has 0 aliphatic rings. The van der Waals surface area contributed by atoms with Crippen molar-refractivity contribution < 1.29 is 0 Å². The summed E-state index contributed by atoms with van der Waals surface area (Å²) in [5.41, 5.74) is 1.32. The molecule has 0 fully saturated rings. The van der Waals surface area contributed by atoms with Gasteiger partial charge in [-0.25, -0.2) is 0 Å². The molecule has 1 aromatic rings. The summed E-state index contributed by atoms with van der Waals surface area (Å²) in [4.78, 5) is 0. The van der Waals surface area contributed by atoms with Gasteiger partial charge in [0.1, 0.15) is 8.98 Å². The van der Waals surface area contributed by atoms with Crippen LogP contribution in [0.4, 0.5) is 0 Å². The molecule has 0 spiro atoms. The summed E-state index contributed by atoms with van der Waals surface area (Å²) in [7, 11) is 0. The van der Waals surface area contributed by atoms with Crippen molar-refractivity contribution in [2.75, 3.05) is 0 Å². The lowest BCUT2D eigenvalue weighted by Gasteiger charge is -1.82. The van der Waals surface area contributed by atoms with Crippen molar-refractivity contribution in [2.24, 2.45) is 0 Å². The van der Waals surface area contributed by atoms with E-state index in [4.69, 9.17) is 46.4 Å². The molecular weight excluding hydrogens is 250 g/mol. The molecule has 0 radical (unpaired) electrons. The third-order valence-corrected chi connectivity index (χ3v) is 2.23. The van der Waals surface area contributed by atoms with Gasteiger partial charge in [-0.05, 0) is 6.92 Å². The second-order valence-electron chi connectivity index (χ2n) is 2.18. The molecule has 0 aromatic heterocycles. The molecule has 0 atom stereocenters. The lowest BCUT2D eigenvalue weighted by atomic mass is 10.2. The molecule has 0 unspecified atom stereocenters. The molecule has 0 nitrogen and oxygen atoms in total. The Hall–Kier alpha value is 0.120. The number of aryl methyl sites for hydroxylation is 1. The fourth-order valence-electron chi connectivity index (χ4n) is 0.534. The summed E-state index contributed by atoms with van der Waals surface area (Å²) in [5.74, 6) is 0. The highest BCUT2D eigenvalue weighted by Crippen LogP contribution is 2.20. The van der Waals surface area contributed by atoms with E-state index in [-0.39, 0.29) is 8.98 Å². The van der Waals surface area contributed by atoms with Gasteiger partial charge in [-0.3, -0.25) is 0 Å². The lowest BCUT2D eigenvalue weighted by molar-refractivity contribution is 1.48. The van der Waals surface area contributed by atoms with Gasteiger partial charge < -0.3 is 0 Å². The maximum Gasteiger partial charge on any atom is 0.136 e. The van der Waals surface area contributed by atoms with Gasteiger partial charge in [0, 0.05) is 0 Å². The molecule has 4 heteroatoms. The van der Waals surface area contributed by atoms with Crippen LogP contribution in [0.15, 0.2) is 39.3 Å². The monoisotopic (exact) mass is 256 g/mol. The van der Waals surface area contributed by atoms with Crippen LogP contribution in [-0.2, 0) is 0 Å². The first kappa shape index (κ1) is 13.1. The van der Waals surface area contributed by atoms with Gasteiger partial charge in [0.15, 0.2) is 0 Å². The number of rotatable bonds is 0. The Morgan fingerprint density at radius 2 is 1.23 bits per heavy atom. The largest absolute Gasteiger partial charge is 0.136 e. The molecule has 1 aromatic carbocycles. The average molecular weight is 258 g/mol. The highest BCUT2D eigenvalue weighted by molar-refractivity contribution is 6.67. The Morgan fingerprint density at radius 1 is 0.846 bits per heavy atom. The standard InChI is InChI=1S/C7H8.C2Cl4/c1-7-5-3-2-4-6-7;3-1(4)2(5)6/h2-6H,1H3;. The van der Waals surface area contributed by atoms with Crippen LogP contribution in [0.2, 0.25) is 0 Å². The van der Waals surface area contributed by atoms with E-state index in [0.717, 1.165) is 0 Å². The van der Waals surface area contributed by atoms with Crippen LogP contribution >= 0.6 is 46.4 Å². The first-order chi connectivity index (χ1) is 6.04. The van der Waals surface area contributed by atoms with Gasteiger partial charge in [-0.2, -0.15) is 0 Å². The van der Waals surface area contributed by atoms with Crippen molar-refractivity contribution >= 4 is 46.4 Å². The van der Waals surface area contributed by atoms with Gasteiger partial charge in [-0.1, -0.05) is 82.3 Å². The molecule has 0 amide bonds. The third kappa shape index (κ3) is 8.45. The van der Waals surface area contributed by atoms with Gasteiger partial charge >= 0.3 is 0 Å². The minimum Gasteiger partial charge on any atom is -0.0682 e. The first-order valence-corrected chi connectivity index (χ1v) is 4.93. The van der Waals surface area contributed by atoms with Crippen LogP contribution in [0.1, 0.15) is 5.56 Å². The minimum absolute atomic E-state index is 0.0988. The maximum atomic E-state index is 4.99. The van der Waals surface area contributed by atoms with Gasteiger partial charge in [0.2, 0.25) is 0 Å². The summed E-state index contributed by atoms with van der Waals surface area (Å²) >= 11 is 20.0. The van der Waals surface area contributed by atoms with Crippen LogP contribution in [-0.4, -0.2) is 0 Å². The average Bonchev–Trinajstić information content (AvgIpc) is 2.06. The summed E-state index contributed by atoms with van der Waals surface area (Å²) in [6.07, 6.45) is 0. The van der Waals surface area contributed by atoms with E-state index < -0.39 is 0 Å². The van der Waals surface area contributed by atoms with Crippen molar-refractivity contribution in [3.8, 4) is 0 Å².